The van der Waals surface area contributed by atoms with E-state index in [2.05, 4.69) is 27.2 Å². The van der Waals surface area contributed by atoms with Crippen molar-refractivity contribution in [1.29, 1.82) is 0 Å². The molecular weight excluding hydrogens is 426 g/mol. The minimum Gasteiger partial charge on any atom is -0.381 e. The third kappa shape index (κ3) is 5.83. The average molecular weight is 468 g/mol. The molecular formula is C28H41N3O3. The lowest BCUT2D eigenvalue weighted by atomic mass is 9.87. The van der Waals surface area contributed by atoms with Crippen molar-refractivity contribution in [3.63, 3.8) is 0 Å². The molecule has 3 saturated heterocycles. The molecule has 1 aromatic rings. The fourth-order valence-corrected chi connectivity index (χ4v) is 6.59. The van der Waals surface area contributed by atoms with E-state index in [1.165, 1.54) is 37.7 Å². The zero-order chi connectivity index (χ0) is 23.3. The van der Waals surface area contributed by atoms with E-state index in [-0.39, 0.29) is 17.9 Å². The van der Waals surface area contributed by atoms with E-state index in [1.807, 2.05) is 18.2 Å². The van der Waals surface area contributed by atoms with Crippen molar-refractivity contribution in [3.05, 3.63) is 35.9 Å². The number of nitrogens with one attached hydrogen (secondary N) is 1. The van der Waals surface area contributed by atoms with Gasteiger partial charge in [-0.25, -0.2) is 0 Å². The highest BCUT2D eigenvalue weighted by Crippen LogP contribution is 2.34. The van der Waals surface area contributed by atoms with Gasteiger partial charge in [-0.3, -0.25) is 9.59 Å². The van der Waals surface area contributed by atoms with Crippen LogP contribution in [0, 0.1) is 23.7 Å². The van der Waals surface area contributed by atoms with Crippen LogP contribution in [0.3, 0.4) is 0 Å². The number of carbonyl (C=O) groups excluding carboxylic acids is 2. The molecule has 5 rings (SSSR count). The Morgan fingerprint density at radius 1 is 0.971 bits per heavy atom. The van der Waals surface area contributed by atoms with E-state index >= 15 is 0 Å². The number of amides is 2. The highest BCUT2D eigenvalue weighted by Gasteiger charge is 2.41. The molecule has 3 heterocycles. The first-order valence-electron chi connectivity index (χ1n) is 13.6. The molecule has 2 amide bonds. The Bertz CT molecular complexity index is 805. The smallest absolute Gasteiger partial charge is 0.226 e. The van der Waals surface area contributed by atoms with Crippen LogP contribution in [0.2, 0.25) is 0 Å². The lowest BCUT2D eigenvalue weighted by Gasteiger charge is -2.27. The van der Waals surface area contributed by atoms with Crippen LogP contribution in [0.5, 0.6) is 0 Å². The predicted molar refractivity (Wildman–Crippen MR) is 132 cm³/mol. The third-order valence-corrected chi connectivity index (χ3v) is 8.66. The molecule has 6 heteroatoms. The number of rotatable bonds is 8. The lowest BCUT2D eigenvalue weighted by molar-refractivity contribution is -0.131. The Balaban J connectivity index is 1.10. The summed E-state index contributed by atoms with van der Waals surface area (Å²) in [5.41, 5.74) is 1.17. The molecule has 1 saturated carbocycles. The van der Waals surface area contributed by atoms with Gasteiger partial charge in [-0.15, -0.1) is 0 Å². The highest BCUT2D eigenvalue weighted by molar-refractivity contribution is 5.79. The maximum atomic E-state index is 12.9. The van der Waals surface area contributed by atoms with E-state index in [1.54, 1.807) is 0 Å². The van der Waals surface area contributed by atoms with Crippen molar-refractivity contribution in [3.8, 4) is 0 Å². The van der Waals surface area contributed by atoms with Crippen molar-refractivity contribution >= 4 is 11.8 Å². The van der Waals surface area contributed by atoms with Gasteiger partial charge in [0.1, 0.15) is 0 Å². The maximum Gasteiger partial charge on any atom is 0.226 e. The van der Waals surface area contributed by atoms with Crippen LogP contribution in [0.1, 0.15) is 63.0 Å². The first kappa shape index (κ1) is 23.8. The Kier molecular flexibility index (Phi) is 7.85. The number of likely N-dealkylation sites (tertiary alicyclic amines) is 2. The number of hydrogen-bond acceptors (Lipinski definition) is 4. The second-order valence-corrected chi connectivity index (χ2v) is 11.1. The summed E-state index contributed by atoms with van der Waals surface area (Å²) in [6.07, 6.45) is 8.94. The Labute approximate surface area is 204 Å². The van der Waals surface area contributed by atoms with Gasteiger partial charge < -0.3 is 19.9 Å². The van der Waals surface area contributed by atoms with Crippen molar-refractivity contribution in [2.75, 3.05) is 45.9 Å². The molecule has 1 N–H and O–H groups in total. The zero-order valence-corrected chi connectivity index (χ0v) is 20.5. The summed E-state index contributed by atoms with van der Waals surface area (Å²) in [6, 6.07) is 10.4. The van der Waals surface area contributed by atoms with Gasteiger partial charge in [-0.2, -0.15) is 0 Å². The van der Waals surface area contributed by atoms with E-state index in [9.17, 15) is 9.59 Å². The normalized spacial score (nSPS) is 28.7. The molecule has 4 fully saturated rings. The molecule has 0 aromatic heterocycles. The summed E-state index contributed by atoms with van der Waals surface area (Å²) in [5.74, 6) is 2.34. The average Bonchev–Trinajstić information content (AvgIpc) is 3.60. The maximum absolute atomic E-state index is 12.9. The second kappa shape index (κ2) is 11.2. The molecule has 0 bridgehead atoms. The van der Waals surface area contributed by atoms with Crippen molar-refractivity contribution in [2.45, 2.75) is 57.4 Å². The van der Waals surface area contributed by atoms with Gasteiger partial charge in [0.05, 0.1) is 18.6 Å². The summed E-state index contributed by atoms with van der Waals surface area (Å²) in [5, 5.41) is 3.31. The fourth-order valence-electron chi connectivity index (χ4n) is 6.59. The molecule has 3 unspecified atom stereocenters. The highest BCUT2D eigenvalue weighted by atomic mass is 16.5. The minimum atomic E-state index is -0.0190. The molecule has 4 atom stereocenters. The first-order valence-corrected chi connectivity index (χ1v) is 13.6. The number of benzene rings is 1. The molecule has 1 aromatic carbocycles. The summed E-state index contributed by atoms with van der Waals surface area (Å²) >= 11 is 0. The summed E-state index contributed by atoms with van der Waals surface area (Å²) in [6.45, 7) is 6.22. The van der Waals surface area contributed by atoms with Gasteiger partial charge in [0.15, 0.2) is 0 Å². The standard InChI is InChI=1S/C28H41N3O3/c32-27(15-21-7-3-1-4-8-21)31-18-24-16-30(17-25(24)19-31)13-11-26(22-9-5-2-6-10-22)29-28(33)23-12-14-34-20-23/h2,5-6,9-10,21,23-26H,1,3-4,7-8,11-20H2,(H,29,33)/t23?,24?,25?,26-/m0/s1. The molecule has 34 heavy (non-hydrogen) atoms. The van der Waals surface area contributed by atoms with Crippen LogP contribution in [0.4, 0.5) is 0 Å². The first-order chi connectivity index (χ1) is 16.7. The number of ether oxygens (including phenoxy) is 1. The zero-order valence-electron chi connectivity index (χ0n) is 20.5. The molecule has 0 radical (unpaired) electrons. The van der Waals surface area contributed by atoms with Crippen LogP contribution in [-0.4, -0.2) is 67.6 Å². The predicted octanol–water partition coefficient (Wildman–Crippen LogP) is 3.63. The van der Waals surface area contributed by atoms with Crippen molar-refractivity contribution in [2.24, 2.45) is 23.7 Å². The molecule has 4 aliphatic rings. The van der Waals surface area contributed by atoms with E-state index in [0.717, 1.165) is 52.0 Å². The van der Waals surface area contributed by atoms with Crippen molar-refractivity contribution < 1.29 is 14.3 Å². The summed E-state index contributed by atoms with van der Waals surface area (Å²) < 4.78 is 5.42. The largest absolute Gasteiger partial charge is 0.381 e. The minimum absolute atomic E-state index is 0.0190. The van der Waals surface area contributed by atoms with Gasteiger partial charge in [0.25, 0.3) is 0 Å². The number of nitrogens with zero attached hydrogens (tertiary/aromatic N) is 2. The second-order valence-electron chi connectivity index (χ2n) is 11.1. The summed E-state index contributed by atoms with van der Waals surface area (Å²) in [7, 11) is 0. The molecule has 186 valence electrons. The Hall–Kier alpha value is -1.92. The number of fused-ring (bicyclic) bond motifs is 1. The van der Waals surface area contributed by atoms with E-state index in [0.29, 0.717) is 36.9 Å². The van der Waals surface area contributed by atoms with Gasteiger partial charge in [0, 0.05) is 45.8 Å². The Morgan fingerprint density at radius 3 is 2.38 bits per heavy atom. The fraction of sp³-hybridized carbons (Fsp3) is 0.714. The number of hydrogen-bond donors (Lipinski definition) is 1. The SMILES string of the molecule is O=C(N[C@@H](CCN1CC2CN(C(=O)CC3CCCCC3)CC2C1)c1ccccc1)C1CCOC1. The molecule has 0 spiro atoms. The summed E-state index contributed by atoms with van der Waals surface area (Å²) in [4.78, 5) is 30.4. The molecule has 6 nitrogen and oxygen atoms in total. The van der Waals surface area contributed by atoms with Crippen LogP contribution in [-0.2, 0) is 14.3 Å². The van der Waals surface area contributed by atoms with E-state index < -0.39 is 0 Å². The Morgan fingerprint density at radius 2 is 1.71 bits per heavy atom. The number of carbonyl (C=O) groups is 2. The van der Waals surface area contributed by atoms with Gasteiger partial charge in [0.2, 0.25) is 11.8 Å². The quantitative estimate of drug-likeness (QED) is 0.634. The van der Waals surface area contributed by atoms with Gasteiger partial charge in [-0.1, -0.05) is 49.6 Å². The van der Waals surface area contributed by atoms with Gasteiger partial charge in [-0.05, 0) is 49.0 Å². The molecule has 3 aliphatic heterocycles. The van der Waals surface area contributed by atoms with Crippen LogP contribution in [0.15, 0.2) is 30.3 Å². The van der Waals surface area contributed by atoms with Gasteiger partial charge >= 0.3 is 0 Å². The van der Waals surface area contributed by atoms with Crippen LogP contribution >= 0.6 is 0 Å². The van der Waals surface area contributed by atoms with E-state index in [4.69, 9.17) is 4.74 Å². The topological polar surface area (TPSA) is 61.9 Å². The monoisotopic (exact) mass is 467 g/mol. The van der Waals surface area contributed by atoms with Crippen molar-refractivity contribution in [1.82, 2.24) is 15.1 Å². The molecule has 1 aliphatic carbocycles. The lowest BCUT2D eigenvalue weighted by Crippen LogP contribution is -2.37. The van der Waals surface area contributed by atoms with Crippen LogP contribution < -0.4 is 5.32 Å². The van der Waals surface area contributed by atoms with Crippen LogP contribution in [0.25, 0.3) is 0 Å². The third-order valence-electron chi connectivity index (χ3n) is 8.66.